The lowest BCUT2D eigenvalue weighted by Gasteiger charge is -2.37. The molecule has 23 heavy (non-hydrogen) atoms. The third-order valence-electron chi connectivity index (χ3n) is 5.46. The second-order valence-electron chi connectivity index (χ2n) is 6.87. The lowest BCUT2D eigenvalue weighted by Crippen LogP contribution is -2.56. The van der Waals surface area contributed by atoms with Gasteiger partial charge in [0, 0.05) is 5.39 Å². The fourth-order valence-corrected chi connectivity index (χ4v) is 4.25. The number of nitrogens with zero attached hydrogens (tertiary/aromatic N) is 1. The van der Waals surface area contributed by atoms with Gasteiger partial charge in [-0.25, -0.2) is 0 Å². The molecule has 1 aliphatic carbocycles. The Bertz CT molecular complexity index is 661. The van der Waals surface area contributed by atoms with Crippen molar-refractivity contribution < 1.29 is 9.21 Å². The zero-order valence-corrected chi connectivity index (χ0v) is 13.5. The number of furan rings is 1. The van der Waals surface area contributed by atoms with Gasteiger partial charge in [0.15, 0.2) is 0 Å². The number of carbonyl (C=O) groups is 1. The van der Waals surface area contributed by atoms with Crippen LogP contribution >= 0.6 is 0 Å². The highest BCUT2D eigenvalue weighted by Crippen LogP contribution is 2.37. The summed E-state index contributed by atoms with van der Waals surface area (Å²) in [6.45, 7) is 2.61. The van der Waals surface area contributed by atoms with Crippen LogP contribution in [-0.4, -0.2) is 29.4 Å². The molecule has 1 aromatic heterocycles. The van der Waals surface area contributed by atoms with Crippen molar-refractivity contribution >= 4 is 16.9 Å². The Kier molecular flexibility index (Phi) is 3.85. The van der Waals surface area contributed by atoms with Gasteiger partial charge < -0.3 is 9.73 Å². The van der Waals surface area contributed by atoms with Gasteiger partial charge in [-0.3, -0.25) is 9.69 Å². The Hall–Kier alpha value is -1.81. The van der Waals surface area contributed by atoms with E-state index >= 15 is 0 Å². The summed E-state index contributed by atoms with van der Waals surface area (Å²) in [6, 6.07) is 9.99. The summed E-state index contributed by atoms with van der Waals surface area (Å²) in [5, 5.41) is 4.23. The van der Waals surface area contributed by atoms with E-state index in [1.54, 1.807) is 0 Å². The van der Waals surface area contributed by atoms with E-state index in [9.17, 15) is 4.79 Å². The average molecular weight is 312 g/mol. The molecule has 1 saturated carbocycles. The molecule has 2 aliphatic rings. The predicted octanol–water partition coefficient (Wildman–Crippen LogP) is 3.46. The predicted molar refractivity (Wildman–Crippen MR) is 90.1 cm³/mol. The van der Waals surface area contributed by atoms with E-state index in [0.717, 1.165) is 55.5 Å². The molecule has 122 valence electrons. The zero-order chi connectivity index (χ0) is 15.7. The van der Waals surface area contributed by atoms with Gasteiger partial charge in [0.05, 0.1) is 6.54 Å². The molecular weight excluding hydrogens is 288 g/mol. The number of para-hydroxylation sites is 1. The summed E-state index contributed by atoms with van der Waals surface area (Å²) in [6.07, 6.45) is 6.76. The SMILES string of the molecule is O=C(NCc1cc2ccccc2o1)C1(N2CCCC2)CCCC1. The normalized spacial score (nSPS) is 21.0. The minimum atomic E-state index is -0.261. The Labute approximate surface area is 136 Å². The highest BCUT2D eigenvalue weighted by Gasteiger charge is 2.46. The quantitative estimate of drug-likeness (QED) is 0.940. The number of carbonyl (C=O) groups excluding carboxylic acids is 1. The molecule has 0 bridgehead atoms. The number of nitrogens with one attached hydrogen (secondary N) is 1. The summed E-state index contributed by atoms with van der Waals surface area (Å²) in [4.78, 5) is 15.4. The first-order chi connectivity index (χ1) is 11.3. The number of likely N-dealkylation sites (tertiary alicyclic amines) is 1. The number of benzene rings is 1. The zero-order valence-electron chi connectivity index (χ0n) is 13.5. The highest BCUT2D eigenvalue weighted by atomic mass is 16.3. The van der Waals surface area contributed by atoms with E-state index in [1.165, 1.54) is 12.8 Å². The molecule has 4 heteroatoms. The number of amides is 1. The number of hydrogen-bond acceptors (Lipinski definition) is 3. The average Bonchev–Trinajstić information content (AvgIpc) is 3.32. The molecule has 2 aromatic rings. The topological polar surface area (TPSA) is 45.5 Å². The van der Waals surface area contributed by atoms with Crippen LogP contribution in [0.4, 0.5) is 0 Å². The van der Waals surface area contributed by atoms with Gasteiger partial charge in [0.2, 0.25) is 5.91 Å². The van der Waals surface area contributed by atoms with Crippen LogP contribution in [0.25, 0.3) is 11.0 Å². The molecule has 1 aromatic carbocycles. The third kappa shape index (κ3) is 2.65. The fourth-order valence-electron chi connectivity index (χ4n) is 4.25. The van der Waals surface area contributed by atoms with Gasteiger partial charge in [0.1, 0.15) is 16.9 Å². The van der Waals surface area contributed by atoms with E-state index in [1.807, 2.05) is 30.3 Å². The van der Waals surface area contributed by atoms with Crippen LogP contribution in [0.2, 0.25) is 0 Å². The Balaban J connectivity index is 1.47. The number of rotatable bonds is 4. The van der Waals surface area contributed by atoms with E-state index in [4.69, 9.17) is 4.42 Å². The largest absolute Gasteiger partial charge is 0.459 e. The van der Waals surface area contributed by atoms with Crippen LogP contribution in [0.15, 0.2) is 34.7 Å². The van der Waals surface area contributed by atoms with Crippen molar-refractivity contribution in [1.82, 2.24) is 10.2 Å². The molecule has 1 saturated heterocycles. The molecule has 4 rings (SSSR count). The van der Waals surface area contributed by atoms with E-state index in [-0.39, 0.29) is 11.4 Å². The summed E-state index contributed by atoms with van der Waals surface area (Å²) < 4.78 is 5.81. The molecule has 1 N–H and O–H groups in total. The van der Waals surface area contributed by atoms with Crippen LogP contribution in [0, 0.1) is 0 Å². The summed E-state index contributed by atoms with van der Waals surface area (Å²) in [5.74, 6) is 1.02. The smallest absolute Gasteiger partial charge is 0.240 e. The summed E-state index contributed by atoms with van der Waals surface area (Å²) >= 11 is 0. The molecule has 1 amide bonds. The van der Waals surface area contributed by atoms with E-state index < -0.39 is 0 Å². The van der Waals surface area contributed by atoms with Crippen molar-refractivity contribution in [1.29, 1.82) is 0 Å². The van der Waals surface area contributed by atoms with E-state index in [2.05, 4.69) is 10.2 Å². The minimum absolute atomic E-state index is 0.192. The van der Waals surface area contributed by atoms with Crippen molar-refractivity contribution in [2.24, 2.45) is 0 Å². The third-order valence-corrected chi connectivity index (χ3v) is 5.46. The lowest BCUT2D eigenvalue weighted by molar-refractivity contribution is -0.133. The molecule has 2 fully saturated rings. The van der Waals surface area contributed by atoms with Gasteiger partial charge in [-0.1, -0.05) is 31.0 Å². The molecular formula is C19H24N2O2. The van der Waals surface area contributed by atoms with Crippen LogP contribution < -0.4 is 5.32 Å². The monoisotopic (exact) mass is 312 g/mol. The Morgan fingerprint density at radius 3 is 2.61 bits per heavy atom. The first-order valence-corrected chi connectivity index (χ1v) is 8.79. The molecule has 0 atom stereocenters. The highest BCUT2D eigenvalue weighted by molar-refractivity contribution is 5.87. The first-order valence-electron chi connectivity index (χ1n) is 8.79. The van der Waals surface area contributed by atoms with Crippen molar-refractivity contribution in [2.75, 3.05) is 13.1 Å². The van der Waals surface area contributed by atoms with Crippen LogP contribution in [-0.2, 0) is 11.3 Å². The molecule has 1 aliphatic heterocycles. The van der Waals surface area contributed by atoms with Crippen molar-refractivity contribution in [3.8, 4) is 0 Å². The molecule has 0 spiro atoms. The maximum absolute atomic E-state index is 12.9. The Morgan fingerprint density at radius 2 is 1.87 bits per heavy atom. The standard InChI is InChI=1S/C19H24N2O2/c22-18(19(9-3-4-10-19)21-11-5-6-12-21)20-14-16-13-15-7-1-2-8-17(15)23-16/h1-2,7-8,13H,3-6,9-12,14H2,(H,20,22). The van der Waals surface area contributed by atoms with Gasteiger partial charge >= 0.3 is 0 Å². The lowest BCUT2D eigenvalue weighted by atomic mass is 9.94. The van der Waals surface area contributed by atoms with Gasteiger partial charge in [-0.05, 0) is 50.9 Å². The van der Waals surface area contributed by atoms with E-state index in [0.29, 0.717) is 6.54 Å². The minimum Gasteiger partial charge on any atom is -0.459 e. The summed E-state index contributed by atoms with van der Waals surface area (Å²) in [5.41, 5.74) is 0.620. The molecule has 2 heterocycles. The van der Waals surface area contributed by atoms with Crippen LogP contribution in [0.5, 0.6) is 0 Å². The molecule has 0 radical (unpaired) electrons. The van der Waals surface area contributed by atoms with Gasteiger partial charge in [-0.15, -0.1) is 0 Å². The second kappa shape index (κ2) is 6.00. The Morgan fingerprint density at radius 1 is 1.13 bits per heavy atom. The number of fused-ring (bicyclic) bond motifs is 1. The van der Waals surface area contributed by atoms with Crippen molar-refractivity contribution in [2.45, 2.75) is 50.6 Å². The van der Waals surface area contributed by atoms with Crippen molar-refractivity contribution in [3.05, 3.63) is 36.1 Å². The second-order valence-corrected chi connectivity index (χ2v) is 6.87. The van der Waals surface area contributed by atoms with Crippen LogP contribution in [0.1, 0.15) is 44.3 Å². The maximum atomic E-state index is 12.9. The first kappa shape index (κ1) is 14.8. The van der Waals surface area contributed by atoms with Crippen LogP contribution in [0.3, 0.4) is 0 Å². The fraction of sp³-hybridized carbons (Fsp3) is 0.526. The number of hydrogen-bond donors (Lipinski definition) is 1. The molecule has 4 nitrogen and oxygen atoms in total. The summed E-state index contributed by atoms with van der Waals surface area (Å²) in [7, 11) is 0. The molecule has 0 unspecified atom stereocenters. The maximum Gasteiger partial charge on any atom is 0.240 e. The van der Waals surface area contributed by atoms with Gasteiger partial charge in [-0.2, -0.15) is 0 Å². The van der Waals surface area contributed by atoms with Crippen molar-refractivity contribution in [3.63, 3.8) is 0 Å². The van der Waals surface area contributed by atoms with Gasteiger partial charge in [0.25, 0.3) is 0 Å².